The van der Waals surface area contributed by atoms with Crippen LogP contribution in [0, 0.1) is 0 Å². The number of carbonyl (C=O) groups excluding carboxylic acids is 4. The van der Waals surface area contributed by atoms with Crippen LogP contribution in [-0.2, 0) is 85.6 Å². The van der Waals surface area contributed by atoms with E-state index in [-0.39, 0.29) is 6.42 Å². The summed E-state index contributed by atoms with van der Waals surface area (Å²) in [5, 5.41) is 257. The third-order valence-corrected chi connectivity index (χ3v) is 24.7. The summed E-state index contributed by atoms with van der Waals surface area (Å²) in [5.41, 5.74) is 0. The second-order valence-electron chi connectivity index (χ2n) is 35.0. The van der Waals surface area contributed by atoms with E-state index in [0.29, 0.717) is 12.8 Å². The number of carboxylic acid groups (broad SMARTS) is 2. The molecule has 0 aliphatic carbocycles. The monoisotopic (exact) mass is 1880 g/mol. The van der Waals surface area contributed by atoms with Gasteiger partial charge in [0.15, 0.2) is 25.2 Å². The lowest BCUT2D eigenvalue weighted by Crippen LogP contribution is -2.72. The van der Waals surface area contributed by atoms with Crippen molar-refractivity contribution >= 4 is 35.6 Å². The van der Waals surface area contributed by atoms with Crippen LogP contribution in [0.4, 0.5) is 0 Å². The van der Waals surface area contributed by atoms with E-state index in [4.69, 9.17) is 56.8 Å². The molecule has 0 aromatic carbocycles. The van der Waals surface area contributed by atoms with Crippen LogP contribution in [0.2, 0.25) is 0 Å². The number of aliphatic hydroxyl groups is 20. The number of ether oxygens (including phenoxy) is 12. The topological polar surface area (TPSA) is 706 Å². The molecule has 12 unspecified atom stereocenters. The number of carbonyl (C=O) groups is 6. The van der Waals surface area contributed by atoms with Gasteiger partial charge >= 0.3 is 11.9 Å². The van der Waals surface area contributed by atoms with E-state index in [1.54, 1.807) is 6.08 Å². The summed E-state index contributed by atoms with van der Waals surface area (Å²) in [4.78, 5) is 79.8. The van der Waals surface area contributed by atoms with E-state index in [1.165, 1.54) is 115 Å². The molecule has 44 nitrogen and oxygen atoms in total. The number of hydrogen-bond donors (Lipinski definition) is 26. The second kappa shape index (κ2) is 58.8. The van der Waals surface area contributed by atoms with Crippen LogP contribution >= 0.6 is 0 Å². The molecule has 6 fully saturated rings. The van der Waals surface area contributed by atoms with Gasteiger partial charge in [-0.1, -0.05) is 193 Å². The normalized spacial score (nSPS) is 34.6. The molecule has 44 heteroatoms. The van der Waals surface area contributed by atoms with E-state index in [0.717, 1.165) is 78.1 Å². The first-order valence-electron chi connectivity index (χ1n) is 46.4. The molecule has 756 valence electrons. The van der Waals surface area contributed by atoms with Crippen LogP contribution in [0.25, 0.3) is 0 Å². The van der Waals surface area contributed by atoms with Crippen LogP contribution < -0.4 is 21.3 Å². The molecule has 0 spiro atoms. The summed E-state index contributed by atoms with van der Waals surface area (Å²) >= 11 is 0. The van der Waals surface area contributed by atoms with Gasteiger partial charge in [-0.2, -0.15) is 0 Å². The zero-order chi connectivity index (χ0) is 96.0. The molecule has 34 atom stereocenters. The molecular formula is C86H152N4O40. The zero-order valence-corrected chi connectivity index (χ0v) is 75.1. The molecule has 6 heterocycles. The van der Waals surface area contributed by atoms with Gasteiger partial charge in [0, 0.05) is 33.1 Å². The molecule has 6 rings (SSSR count). The third kappa shape index (κ3) is 33.6. The van der Waals surface area contributed by atoms with E-state index < -0.39 is 309 Å². The minimum atomic E-state index is -3.56. The number of aliphatic carboxylic acids is 2. The quantitative estimate of drug-likeness (QED) is 0.0203. The Morgan fingerprint density at radius 1 is 0.408 bits per heavy atom. The number of hydrogen-bond acceptors (Lipinski definition) is 38. The largest absolute Gasteiger partial charge is 0.477 e. The molecule has 6 saturated heterocycles. The third-order valence-electron chi connectivity index (χ3n) is 24.7. The van der Waals surface area contributed by atoms with Gasteiger partial charge in [-0.15, -0.1) is 0 Å². The van der Waals surface area contributed by atoms with Crippen molar-refractivity contribution < 1.29 is 198 Å². The van der Waals surface area contributed by atoms with Crippen molar-refractivity contribution in [2.24, 2.45) is 0 Å². The molecule has 0 aromatic heterocycles. The van der Waals surface area contributed by atoms with Gasteiger partial charge in [-0.25, -0.2) is 9.59 Å². The Labute approximate surface area is 757 Å². The molecule has 6 aliphatic rings. The maximum Gasteiger partial charge on any atom is 0.364 e. The number of nitrogens with one attached hydrogen (secondary N) is 4. The fraction of sp³-hybridized carbons (Fsp3) is 0.907. The zero-order valence-electron chi connectivity index (χ0n) is 75.1. The highest BCUT2D eigenvalue weighted by molar-refractivity contribution is 5.79. The van der Waals surface area contributed by atoms with Crippen molar-refractivity contribution in [2.45, 2.75) is 441 Å². The number of unbranched alkanes of at least 4 members (excludes halogenated alkanes) is 27. The first-order valence-corrected chi connectivity index (χ1v) is 46.4. The Bertz CT molecular complexity index is 3260. The maximum atomic E-state index is 14.1. The van der Waals surface area contributed by atoms with Gasteiger partial charge in [0.25, 0.3) is 11.6 Å². The molecule has 130 heavy (non-hydrogen) atoms. The van der Waals surface area contributed by atoms with E-state index >= 15 is 0 Å². The van der Waals surface area contributed by atoms with Gasteiger partial charge in [-0.05, 0) is 19.3 Å². The number of allylic oxidation sites excluding steroid dienone is 1. The van der Waals surface area contributed by atoms with Crippen LogP contribution in [0.15, 0.2) is 12.2 Å². The highest BCUT2D eigenvalue weighted by Gasteiger charge is 2.64. The second-order valence-corrected chi connectivity index (χ2v) is 35.0. The van der Waals surface area contributed by atoms with Crippen molar-refractivity contribution in [2.75, 3.05) is 52.9 Å². The summed E-state index contributed by atoms with van der Waals surface area (Å²) in [7, 11) is 0. The Hall–Kier alpha value is -4.72. The highest BCUT2D eigenvalue weighted by Crippen LogP contribution is 2.43. The molecule has 0 bridgehead atoms. The first kappa shape index (κ1) is 114. The smallest absolute Gasteiger partial charge is 0.364 e. The minimum absolute atomic E-state index is 0.0881. The summed E-state index contributed by atoms with van der Waals surface area (Å²) in [6, 6.07) is -7.14. The average molecular weight is 1880 g/mol. The van der Waals surface area contributed by atoms with Crippen molar-refractivity contribution in [3.8, 4) is 0 Å². The fourth-order valence-corrected chi connectivity index (χ4v) is 17.3. The summed E-state index contributed by atoms with van der Waals surface area (Å²) in [5.74, 6) is -15.0. The molecule has 4 amide bonds. The Morgan fingerprint density at radius 3 is 1.22 bits per heavy atom. The van der Waals surface area contributed by atoms with Gasteiger partial charge in [0.2, 0.25) is 23.6 Å². The molecule has 0 radical (unpaired) electrons. The van der Waals surface area contributed by atoms with Crippen molar-refractivity contribution in [1.82, 2.24) is 21.3 Å². The number of aliphatic hydroxyl groups excluding tert-OH is 20. The minimum Gasteiger partial charge on any atom is -0.477 e. The highest BCUT2D eigenvalue weighted by atomic mass is 16.8. The lowest BCUT2D eigenvalue weighted by molar-refractivity contribution is -0.405. The van der Waals surface area contributed by atoms with Crippen molar-refractivity contribution in [3.05, 3.63) is 12.2 Å². The molecule has 0 saturated carbocycles. The lowest BCUT2D eigenvalue weighted by Gasteiger charge is -2.53. The van der Waals surface area contributed by atoms with E-state index in [9.17, 15) is 141 Å². The fourth-order valence-electron chi connectivity index (χ4n) is 17.3. The lowest BCUT2D eigenvalue weighted by atomic mass is 9.88. The molecule has 0 aromatic rings. The van der Waals surface area contributed by atoms with Gasteiger partial charge in [-0.3, -0.25) is 19.2 Å². The van der Waals surface area contributed by atoms with Crippen LogP contribution in [-0.4, -0.2) is 408 Å². The Balaban J connectivity index is 1.29. The SMILES string of the molecule is CCCCCCCCCCCCC/C=C/[C@@H](O)[C@H](CO[C@@H]1OC(CO)[C@@H](O[C@@H]2OC(CO)[C@H](O[C@@H]3OC(CO)[C@H](O)[C@H](O[C@@H]4OC(CO)[C@H](O)[C@H](O[C@]5(C(=O)O)CC(O)[C@@H](NC(C)=O)C([C@H](O)[C@H](O)CO)O5)C4O)C3NC(C)=O)[C@H](O[C@]3(C(=O)O)CC(O)[C@@H](NC(=O)CO)C([C@H](O)[C@H](O)CO)O3)C2O)[C@H](O)C1O)NC(=O)CCCCCCCCCCCCCCCCCCC. The van der Waals surface area contributed by atoms with Gasteiger partial charge < -0.3 is 190 Å². The number of carboxylic acids is 2. The van der Waals surface area contributed by atoms with E-state index in [1.807, 2.05) is 0 Å². The summed E-state index contributed by atoms with van der Waals surface area (Å²) in [6.07, 6.45) is -30.5. The van der Waals surface area contributed by atoms with Crippen LogP contribution in [0.5, 0.6) is 0 Å². The predicted octanol–water partition coefficient (Wildman–Crippen LogP) is -4.12. The van der Waals surface area contributed by atoms with Crippen LogP contribution in [0.3, 0.4) is 0 Å². The summed E-state index contributed by atoms with van der Waals surface area (Å²) in [6.45, 7) is -3.21. The molecule has 6 aliphatic heterocycles. The summed E-state index contributed by atoms with van der Waals surface area (Å²) < 4.78 is 72.3. The van der Waals surface area contributed by atoms with Gasteiger partial charge in [0.1, 0.15) is 141 Å². The Kier molecular flexibility index (Phi) is 51.5. The molecule has 26 N–H and O–H groups in total. The van der Waals surface area contributed by atoms with Crippen molar-refractivity contribution in [1.29, 1.82) is 0 Å². The molecular weight excluding hydrogens is 1730 g/mol. The number of rotatable bonds is 62. The van der Waals surface area contributed by atoms with Crippen molar-refractivity contribution in [3.63, 3.8) is 0 Å². The predicted molar refractivity (Wildman–Crippen MR) is 450 cm³/mol. The first-order chi connectivity index (χ1) is 62.1. The maximum absolute atomic E-state index is 14.1. The van der Waals surface area contributed by atoms with Crippen LogP contribution in [0.1, 0.15) is 233 Å². The number of amides is 4. The van der Waals surface area contributed by atoms with Gasteiger partial charge in [0.05, 0.1) is 82.7 Å². The Morgan fingerprint density at radius 2 is 0.785 bits per heavy atom. The van der Waals surface area contributed by atoms with E-state index in [2.05, 4.69) is 35.1 Å². The standard InChI is InChI=1S/C86H152N4O40/c1-5-7-9-11-13-15-17-19-20-21-22-24-26-28-30-32-34-36-59(105)89-49(50(100)35-33-31-29-27-25-23-18-16-14-12-10-8-6-2)46-119-80-69(112)68(111)72(57(43-95)122-80)124-82-71(114)78(130-86(84(117)118)38-52(102)62(90-60(106)45-97)76(128-86)65(108)54(104)40-92)73(58(44-96)123-82)125-79-63(88-48(4)99)74(66(109)55(41-93)120-79)126-81-70(113)77(67(110)56(42-94)121-81)129-85(83(115)116)37-51(101)61(87-47(3)98)75(127-85)64(107)53(103)39-91/h33,35,49-58,61-82,91-97,100-104,107-114H,5-32,34,36-46H2,1-4H3,(H,87,98)(H,88,99)(H,89,105)(H,90,106)(H,115,116)(H,117,118)/b35-33+/t49-,50+,51?,52?,53+,54+,55?,56?,57?,58?,61+,62+,63?,64+,65+,66-,67-,68+,69?,70?,71?,72+,73-,74+,75?,76?,77-,78+,79-,80+,81-,82-,85-,86-/m0/s1. The average Bonchev–Trinajstić information content (AvgIpc) is 0.747.